The van der Waals surface area contributed by atoms with Crippen molar-refractivity contribution in [2.75, 3.05) is 4.90 Å². The Kier molecular flexibility index (Phi) is 4.98. The van der Waals surface area contributed by atoms with E-state index >= 15 is 0 Å². The number of aryl methyl sites for hydroxylation is 2. The third kappa shape index (κ3) is 3.47. The molecule has 1 aliphatic heterocycles. The van der Waals surface area contributed by atoms with Crippen LogP contribution in [0.15, 0.2) is 72.3 Å². The molecule has 0 radical (unpaired) electrons. The number of fused-ring (bicyclic) bond motifs is 1. The minimum atomic E-state index is -0.881. The number of carbonyl (C=O) groups is 2. The van der Waals surface area contributed by atoms with Crippen LogP contribution in [0.2, 0.25) is 0 Å². The molecule has 3 aromatic carbocycles. The Morgan fingerprint density at radius 2 is 1.64 bits per heavy atom. The van der Waals surface area contributed by atoms with Crippen molar-refractivity contribution < 1.29 is 19.8 Å². The van der Waals surface area contributed by atoms with Crippen LogP contribution in [0, 0.1) is 13.8 Å². The molecule has 5 rings (SSSR count). The van der Waals surface area contributed by atoms with Crippen molar-refractivity contribution in [3.05, 3.63) is 94.6 Å². The molecule has 4 aromatic rings. The van der Waals surface area contributed by atoms with Gasteiger partial charge in [0.2, 0.25) is 0 Å². The number of thiazole rings is 1. The molecule has 7 heteroatoms. The van der Waals surface area contributed by atoms with E-state index in [0.717, 1.165) is 21.3 Å². The first kappa shape index (κ1) is 20.9. The molecule has 2 N–H and O–H groups in total. The molecule has 1 aliphatic rings. The summed E-state index contributed by atoms with van der Waals surface area (Å²) in [6.07, 6.45) is 0. The highest BCUT2D eigenvalue weighted by molar-refractivity contribution is 7.22. The molecule has 2 heterocycles. The first-order valence-corrected chi connectivity index (χ1v) is 11.2. The monoisotopic (exact) mass is 456 g/mol. The van der Waals surface area contributed by atoms with Crippen molar-refractivity contribution in [1.29, 1.82) is 0 Å². The van der Waals surface area contributed by atoms with Crippen molar-refractivity contribution in [1.82, 2.24) is 4.98 Å². The average Bonchev–Trinajstić information content (AvgIpc) is 3.32. The molecule has 1 amide bonds. The van der Waals surface area contributed by atoms with E-state index < -0.39 is 17.7 Å². The van der Waals surface area contributed by atoms with Crippen LogP contribution < -0.4 is 4.90 Å². The number of aromatic nitrogens is 1. The number of ketones is 1. The second-order valence-electron chi connectivity index (χ2n) is 8.03. The Morgan fingerprint density at radius 3 is 2.33 bits per heavy atom. The number of phenolic OH excluding ortho intramolecular Hbond substituents is 1. The van der Waals surface area contributed by atoms with Crippen LogP contribution in [0.3, 0.4) is 0 Å². The molecule has 164 valence electrons. The molecule has 1 aromatic heterocycles. The minimum absolute atomic E-state index is 0.0106. The summed E-state index contributed by atoms with van der Waals surface area (Å²) >= 11 is 1.32. The Labute approximate surface area is 194 Å². The Bertz CT molecular complexity index is 1400. The molecular formula is C26H20N2O4S. The summed E-state index contributed by atoms with van der Waals surface area (Å²) in [5.74, 6) is -1.72. The average molecular weight is 457 g/mol. The van der Waals surface area contributed by atoms with Crippen LogP contribution in [0.5, 0.6) is 5.75 Å². The molecule has 1 fully saturated rings. The molecule has 0 spiro atoms. The number of aliphatic hydroxyl groups is 1. The third-order valence-corrected chi connectivity index (χ3v) is 6.92. The van der Waals surface area contributed by atoms with E-state index in [4.69, 9.17) is 0 Å². The lowest BCUT2D eigenvalue weighted by Gasteiger charge is -2.23. The number of rotatable bonds is 3. The molecule has 1 atom stereocenters. The number of hydrogen-bond donors (Lipinski definition) is 2. The number of phenols is 1. The van der Waals surface area contributed by atoms with E-state index in [2.05, 4.69) is 4.98 Å². The van der Waals surface area contributed by atoms with Gasteiger partial charge < -0.3 is 10.2 Å². The molecule has 0 saturated carbocycles. The van der Waals surface area contributed by atoms with E-state index in [1.165, 1.54) is 28.4 Å². The van der Waals surface area contributed by atoms with Gasteiger partial charge in [-0.15, -0.1) is 0 Å². The van der Waals surface area contributed by atoms with Crippen molar-refractivity contribution in [3.63, 3.8) is 0 Å². The molecule has 1 saturated heterocycles. The molecule has 6 nitrogen and oxygen atoms in total. The predicted octanol–water partition coefficient (Wildman–Crippen LogP) is 5.25. The first-order valence-electron chi connectivity index (χ1n) is 10.4. The zero-order valence-electron chi connectivity index (χ0n) is 17.9. The van der Waals surface area contributed by atoms with Gasteiger partial charge in [-0.25, -0.2) is 4.98 Å². The number of aliphatic hydroxyl groups excluding tert-OH is 1. The van der Waals surface area contributed by atoms with Crippen molar-refractivity contribution in [2.45, 2.75) is 19.9 Å². The summed E-state index contributed by atoms with van der Waals surface area (Å²) in [6.45, 7) is 4.01. The Balaban J connectivity index is 1.74. The van der Waals surface area contributed by atoms with E-state index in [1.807, 2.05) is 26.0 Å². The number of benzene rings is 3. The van der Waals surface area contributed by atoms with Crippen molar-refractivity contribution in [2.24, 2.45) is 0 Å². The fourth-order valence-corrected chi connectivity index (χ4v) is 5.10. The maximum atomic E-state index is 13.3. The van der Waals surface area contributed by atoms with Crippen molar-refractivity contribution in [3.8, 4) is 5.75 Å². The Morgan fingerprint density at radius 1 is 0.970 bits per heavy atom. The number of anilines is 1. The number of carbonyl (C=O) groups excluding carboxylic acids is 2. The van der Waals surface area contributed by atoms with E-state index in [-0.39, 0.29) is 17.1 Å². The summed E-state index contributed by atoms with van der Waals surface area (Å²) in [5, 5.41) is 21.2. The largest absolute Gasteiger partial charge is 0.508 e. The van der Waals surface area contributed by atoms with Gasteiger partial charge in [-0.3, -0.25) is 14.5 Å². The zero-order valence-corrected chi connectivity index (χ0v) is 18.8. The summed E-state index contributed by atoms with van der Waals surface area (Å²) < 4.78 is 0.905. The smallest absolute Gasteiger partial charge is 0.301 e. The minimum Gasteiger partial charge on any atom is -0.508 e. The highest BCUT2D eigenvalue weighted by Crippen LogP contribution is 2.44. The van der Waals surface area contributed by atoms with Gasteiger partial charge in [-0.2, -0.15) is 0 Å². The van der Waals surface area contributed by atoms with Crippen LogP contribution in [0.4, 0.5) is 5.13 Å². The summed E-state index contributed by atoms with van der Waals surface area (Å²) in [6, 6.07) is 18.0. The number of aromatic hydroxyl groups is 1. The maximum absolute atomic E-state index is 13.3. The van der Waals surface area contributed by atoms with Gasteiger partial charge in [0.25, 0.3) is 5.78 Å². The van der Waals surface area contributed by atoms with E-state index in [1.54, 1.807) is 42.5 Å². The van der Waals surface area contributed by atoms with Crippen LogP contribution in [-0.4, -0.2) is 26.9 Å². The van der Waals surface area contributed by atoms with Gasteiger partial charge >= 0.3 is 5.91 Å². The third-order valence-electron chi connectivity index (χ3n) is 5.90. The lowest BCUT2D eigenvalue weighted by Crippen LogP contribution is -2.29. The lowest BCUT2D eigenvalue weighted by atomic mass is 9.95. The van der Waals surface area contributed by atoms with Gasteiger partial charge in [0.15, 0.2) is 5.13 Å². The summed E-state index contributed by atoms with van der Waals surface area (Å²) in [4.78, 5) is 32.5. The zero-order chi connectivity index (χ0) is 23.3. The standard InChI is InChI=1S/C26H20N2O4S/c1-14-12-19-20(13-15(14)2)33-26(27-19)28-22(16-8-10-18(29)11-9-16)21(24(31)25(28)32)23(30)17-6-4-3-5-7-17/h3-13,22,29-30H,1-2H3/b23-21+. The van der Waals surface area contributed by atoms with Gasteiger partial charge in [-0.05, 0) is 54.8 Å². The molecule has 1 unspecified atom stereocenters. The number of nitrogens with zero attached hydrogens (tertiary/aromatic N) is 2. The number of hydrogen-bond acceptors (Lipinski definition) is 6. The summed E-state index contributed by atoms with van der Waals surface area (Å²) in [7, 11) is 0. The van der Waals surface area contributed by atoms with Gasteiger partial charge in [-0.1, -0.05) is 53.8 Å². The summed E-state index contributed by atoms with van der Waals surface area (Å²) in [5.41, 5.74) is 3.95. The fraction of sp³-hybridized carbons (Fsp3) is 0.115. The lowest BCUT2D eigenvalue weighted by molar-refractivity contribution is -0.132. The highest BCUT2D eigenvalue weighted by Gasteiger charge is 2.48. The van der Waals surface area contributed by atoms with E-state index in [0.29, 0.717) is 16.3 Å². The first-order chi connectivity index (χ1) is 15.8. The van der Waals surface area contributed by atoms with E-state index in [9.17, 15) is 19.8 Å². The highest BCUT2D eigenvalue weighted by atomic mass is 32.1. The second-order valence-corrected chi connectivity index (χ2v) is 9.04. The number of amides is 1. The van der Waals surface area contributed by atoms with Gasteiger partial charge in [0, 0.05) is 5.56 Å². The van der Waals surface area contributed by atoms with Gasteiger partial charge in [0.1, 0.15) is 11.5 Å². The predicted molar refractivity (Wildman–Crippen MR) is 128 cm³/mol. The number of Topliss-reactive ketones (excluding diaryl/α,β-unsaturated/α-hetero) is 1. The van der Waals surface area contributed by atoms with Crippen LogP contribution in [0.25, 0.3) is 16.0 Å². The van der Waals surface area contributed by atoms with Crippen LogP contribution in [-0.2, 0) is 9.59 Å². The van der Waals surface area contributed by atoms with Crippen molar-refractivity contribution >= 4 is 44.1 Å². The normalized spacial score (nSPS) is 17.8. The molecular weight excluding hydrogens is 436 g/mol. The fourth-order valence-electron chi connectivity index (χ4n) is 4.02. The van der Waals surface area contributed by atoms with Crippen LogP contribution in [0.1, 0.15) is 28.3 Å². The SMILES string of the molecule is Cc1cc2nc(N3C(=O)C(=O)/C(=C(/O)c4ccccc4)C3c3ccc(O)cc3)sc2cc1C. The van der Waals surface area contributed by atoms with Crippen LogP contribution >= 0.6 is 11.3 Å². The maximum Gasteiger partial charge on any atom is 0.301 e. The Hall–Kier alpha value is -3.97. The molecule has 0 bridgehead atoms. The van der Waals surface area contributed by atoms with Gasteiger partial charge in [0.05, 0.1) is 21.8 Å². The second kappa shape index (κ2) is 7.86. The molecule has 33 heavy (non-hydrogen) atoms. The molecule has 0 aliphatic carbocycles. The quantitative estimate of drug-likeness (QED) is 0.250. The topological polar surface area (TPSA) is 90.7 Å².